The average Bonchev–Trinajstić information content (AvgIpc) is 2.65. The van der Waals surface area contributed by atoms with Crippen molar-refractivity contribution in [3.63, 3.8) is 0 Å². The van der Waals surface area contributed by atoms with Crippen molar-refractivity contribution in [1.82, 2.24) is 4.57 Å². The number of nitrogens with zero attached hydrogens (tertiary/aromatic N) is 1. The van der Waals surface area contributed by atoms with Crippen molar-refractivity contribution < 1.29 is 18.3 Å². The zero-order valence-electron chi connectivity index (χ0n) is 9.25. The first-order chi connectivity index (χ1) is 7.99. The van der Waals surface area contributed by atoms with Gasteiger partial charge in [-0.2, -0.15) is 13.2 Å². The molecule has 1 aromatic heterocycles. The summed E-state index contributed by atoms with van der Waals surface area (Å²) in [7, 11) is 0. The summed E-state index contributed by atoms with van der Waals surface area (Å²) in [4.78, 5) is 0. The van der Waals surface area contributed by atoms with E-state index in [0.717, 1.165) is 6.07 Å². The molecule has 0 atom stereocenters. The maximum Gasteiger partial charge on any atom is 0.417 e. The number of halogens is 3. The molecular weight excluding hydrogens is 231 g/mol. The summed E-state index contributed by atoms with van der Waals surface area (Å²) in [6.45, 7) is 2.02. The lowest BCUT2D eigenvalue weighted by molar-refractivity contribution is -0.136. The Morgan fingerprint density at radius 1 is 1.29 bits per heavy atom. The molecule has 2 rings (SSSR count). The van der Waals surface area contributed by atoms with Gasteiger partial charge in [-0.3, -0.25) is 0 Å². The van der Waals surface area contributed by atoms with Gasteiger partial charge in [-0.15, -0.1) is 0 Å². The minimum absolute atomic E-state index is 0.101. The maximum absolute atomic E-state index is 12.9. The summed E-state index contributed by atoms with van der Waals surface area (Å²) >= 11 is 0. The van der Waals surface area contributed by atoms with E-state index < -0.39 is 18.3 Å². The molecule has 0 aliphatic rings. The molecule has 1 N–H and O–H groups in total. The molecule has 0 spiro atoms. The lowest BCUT2D eigenvalue weighted by Gasteiger charge is -2.09. The third kappa shape index (κ3) is 1.91. The van der Waals surface area contributed by atoms with E-state index in [1.54, 1.807) is 16.8 Å². The topological polar surface area (TPSA) is 25.2 Å². The number of aromatic nitrogens is 1. The van der Waals surface area contributed by atoms with Crippen molar-refractivity contribution in [2.45, 2.75) is 26.3 Å². The van der Waals surface area contributed by atoms with Crippen molar-refractivity contribution in [2.75, 3.05) is 0 Å². The van der Waals surface area contributed by atoms with Crippen molar-refractivity contribution in [1.29, 1.82) is 0 Å². The molecule has 2 nitrogen and oxygen atoms in total. The third-order valence-electron chi connectivity index (χ3n) is 2.80. The Morgan fingerprint density at radius 3 is 2.53 bits per heavy atom. The Morgan fingerprint density at radius 2 is 2.00 bits per heavy atom. The molecule has 92 valence electrons. The lowest BCUT2D eigenvalue weighted by Crippen LogP contribution is -2.06. The van der Waals surface area contributed by atoms with E-state index in [0.29, 0.717) is 17.6 Å². The quantitative estimate of drug-likeness (QED) is 0.861. The van der Waals surface area contributed by atoms with Crippen LogP contribution in [0.5, 0.6) is 0 Å². The standard InChI is InChI=1S/C12H12F3NO/c1-2-16-6-8(7-17)11-9(12(13,14)15)4-3-5-10(11)16/h3-6,17H,2,7H2,1H3. The SMILES string of the molecule is CCn1cc(CO)c2c(C(F)(F)F)cccc21. The van der Waals surface area contributed by atoms with Crippen molar-refractivity contribution in [3.8, 4) is 0 Å². The zero-order valence-corrected chi connectivity index (χ0v) is 9.25. The Labute approximate surface area is 96.3 Å². The Kier molecular flexibility index (Phi) is 2.87. The first kappa shape index (κ1) is 12.0. The van der Waals surface area contributed by atoms with Crippen LogP contribution in [0.4, 0.5) is 13.2 Å². The fraction of sp³-hybridized carbons (Fsp3) is 0.333. The monoisotopic (exact) mass is 243 g/mol. The fourth-order valence-electron chi connectivity index (χ4n) is 2.06. The van der Waals surface area contributed by atoms with Crippen LogP contribution in [0, 0.1) is 0 Å². The number of rotatable bonds is 2. The third-order valence-corrected chi connectivity index (χ3v) is 2.80. The van der Waals surface area contributed by atoms with Crippen LogP contribution in [0.25, 0.3) is 10.9 Å². The Hall–Kier alpha value is -1.49. The number of hydrogen-bond donors (Lipinski definition) is 1. The number of fused-ring (bicyclic) bond motifs is 1. The van der Waals surface area contributed by atoms with Crippen LogP contribution in [0.15, 0.2) is 24.4 Å². The molecule has 17 heavy (non-hydrogen) atoms. The van der Waals surface area contributed by atoms with Gasteiger partial charge in [-0.25, -0.2) is 0 Å². The highest BCUT2D eigenvalue weighted by Crippen LogP contribution is 2.37. The van der Waals surface area contributed by atoms with Crippen LogP contribution in [0.1, 0.15) is 18.1 Å². The summed E-state index contributed by atoms with van der Waals surface area (Å²) < 4.78 is 40.3. The van der Waals surface area contributed by atoms with Gasteiger partial charge in [-0.05, 0) is 19.1 Å². The summed E-state index contributed by atoms with van der Waals surface area (Å²) in [6, 6.07) is 4.06. The second-order valence-electron chi connectivity index (χ2n) is 3.80. The number of benzene rings is 1. The van der Waals surface area contributed by atoms with Gasteiger partial charge in [0.15, 0.2) is 0 Å². The lowest BCUT2D eigenvalue weighted by atomic mass is 10.1. The second-order valence-corrected chi connectivity index (χ2v) is 3.80. The minimum atomic E-state index is -4.40. The molecule has 0 unspecified atom stereocenters. The first-order valence-corrected chi connectivity index (χ1v) is 5.27. The van der Waals surface area contributed by atoms with Gasteiger partial charge in [0.2, 0.25) is 0 Å². The Balaban J connectivity index is 2.83. The first-order valence-electron chi connectivity index (χ1n) is 5.27. The van der Waals surface area contributed by atoms with Crippen LogP contribution >= 0.6 is 0 Å². The predicted octanol–water partition coefficient (Wildman–Crippen LogP) is 3.17. The van der Waals surface area contributed by atoms with Gasteiger partial charge in [-0.1, -0.05) is 6.07 Å². The normalized spacial score (nSPS) is 12.3. The Bertz CT molecular complexity index is 542. The molecule has 0 aliphatic carbocycles. The molecule has 2 aromatic rings. The van der Waals surface area contributed by atoms with Gasteiger partial charge in [0, 0.05) is 29.2 Å². The fourth-order valence-corrected chi connectivity index (χ4v) is 2.06. The van der Waals surface area contributed by atoms with Gasteiger partial charge in [0.05, 0.1) is 12.2 Å². The minimum Gasteiger partial charge on any atom is -0.392 e. The summed E-state index contributed by atoms with van der Waals surface area (Å²) in [5.74, 6) is 0. The molecule has 0 aliphatic heterocycles. The maximum atomic E-state index is 12.9. The molecular formula is C12H12F3NO. The van der Waals surface area contributed by atoms with Crippen LogP contribution in [0.2, 0.25) is 0 Å². The summed E-state index contributed by atoms with van der Waals surface area (Å²) in [5.41, 5.74) is 0.132. The molecule has 1 heterocycles. The smallest absolute Gasteiger partial charge is 0.392 e. The average molecular weight is 243 g/mol. The summed E-state index contributed by atoms with van der Waals surface area (Å²) in [6.07, 6.45) is -2.83. The van der Waals surface area contributed by atoms with E-state index in [1.165, 1.54) is 6.07 Å². The van der Waals surface area contributed by atoms with Gasteiger partial charge in [0.1, 0.15) is 0 Å². The van der Waals surface area contributed by atoms with Gasteiger partial charge >= 0.3 is 6.18 Å². The van der Waals surface area contributed by atoms with Crippen molar-refractivity contribution in [3.05, 3.63) is 35.5 Å². The van der Waals surface area contributed by atoms with Gasteiger partial charge < -0.3 is 9.67 Å². The molecule has 0 saturated carbocycles. The summed E-state index contributed by atoms with van der Waals surface area (Å²) in [5, 5.41) is 9.26. The number of aryl methyl sites for hydroxylation is 1. The van der Waals surface area contributed by atoms with Crippen LogP contribution < -0.4 is 0 Å². The van der Waals surface area contributed by atoms with Crippen molar-refractivity contribution in [2.24, 2.45) is 0 Å². The van der Waals surface area contributed by atoms with E-state index in [-0.39, 0.29) is 5.39 Å². The molecule has 1 aromatic carbocycles. The van der Waals surface area contributed by atoms with Gasteiger partial charge in [0.25, 0.3) is 0 Å². The molecule has 0 saturated heterocycles. The highest BCUT2D eigenvalue weighted by molar-refractivity contribution is 5.87. The van der Waals surface area contributed by atoms with Crippen molar-refractivity contribution >= 4 is 10.9 Å². The van der Waals surface area contributed by atoms with E-state index in [4.69, 9.17) is 5.11 Å². The molecule has 0 amide bonds. The number of hydrogen-bond acceptors (Lipinski definition) is 1. The molecule has 0 radical (unpaired) electrons. The molecule has 0 fully saturated rings. The zero-order chi connectivity index (χ0) is 12.6. The predicted molar refractivity (Wildman–Crippen MR) is 58.5 cm³/mol. The highest BCUT2D eigenvalue weighted by atomic mass is 19.4. The molecule has 0 bridgehead atoms. The highest BCUT2D eigenvalue weighted by Gasteiger charge is 2.33. The largest absolute Gasteiger partial charge is 0.417 e. The van der Waals surface area contributed by atoms with E-state index >= 15 is 0 Å². The second kappa shape index (κ2) is 4.07. The van der Waals surface area contributed by atoms with E-state index in [9.17, 15) is 13.2 Å². The number of alkyl halides is 3. The number of aliphatic hydroxyl groups is 1. The number of aliphatic hydroxyl groups excluding tert-OH is 1. The van der Waals surface area contributed by atoms with Crippen LogP contribution in [0.3, 0.4) is 0 Å². The van der Waals surface area contributed by atoms with E-state index in [1.807, 2.05) is 6.92 Å². The van der Waals surface area contributed by atoms with Crippen LogP contribution in [-0.2, 0) is 19.3 Å². The molecule has 5 heteroatoms. The van der Waals surface area contributed by atoms with Crippen LogP contribution in [-0.4, -0.2) is 9.67 Å². The van der Waals surface area contributed by atoms with E-state index in [2.05, 4.69) is 0 Å².